The average Bonchev–Trinajstić information content (AvgIpc) is 1.99. The van der Waals surface area contributed by atoms with E-state index in [1.54, 1.807) is 0 Å². The lowest BCUT2D eigenvalue weighted by Crippen LogP contribution is -2.00. The van der Waals surface area contributed by atoms with E-state index in [0.29, 0.717) is 0 Å². The third kappa shape index (κ3) is 1.42. The van der Waals surface area contributed by atoms with Gasteiger partial charge in [-0.05, 0) is 19.1 Å². The van der Waals surface area contributed by atoms with Crippen LogP contribution in [0.2, 0.25) is 0 Å². The number of benzene rings is 1. The molecule has 0 saturated carbocycles. The lowest BCUT2D eigenvalue weighted by Gasteiger charge is -2.00. The highest BCUT2D eigenvalue weighted by Crippen LogP contribution is 2.17. The summed E-state index contributed by atoms with van der Waals surface area (Å²) in [4.78, 5) is 10.7. The molecule has 2 N–H and O–H groups in total. The summed E-state index contributed by atoms with van der Waals surface area (Å²) in [6.45, 7) is 1.23. The molecule has 1 rings (SSSR count). The number of halogens is 2. The molecule has 12 heavy (non-hydrogen) atoms. The standard InChI is InChI=1S/C8H7F2NO/c1-4(12)5-2-6(9)8(11)7(10)3-5/h2-3H,11H2,1H3. The van der Waals surface area contributed by atoms with Gasteiger partial charge in [0, 0.05) is 5.56 Å². The van der Waals surface area contributed by atoms with Gasteiger partial charge in [-0.2, -0.15) is 0 Å². The highest BCUT2D eigenvalue weighted by Gasteiger charge is 2.09. The molecule has 64 valence electrons. The molecular formula is C8H7F2NO. The average molecular weight is 171 g/mol. The van der Waals surface area contributed by atoms with Crippen molar-refractivity contribution in [3.05, 3.63) is 29.3 Å². The number of nitrogen functional groups attached to an aromatic ring is 1. The number of carbonyl (C=O) groups excluding carboxylic acids is 1. The van der Waals surface area contributed by atoms with Crippen LogP contribution in [0.5, 0.6) is 0 Å². The van der Waals surface area contributed by atoms with E-state index in [1.165, 1.54) is 6.92 Å². The summed E-state index contributed by atoms with van der Waals surface area (Å²) in [5.74, 6) is -2.20. The molecule has 0 aliphatic rings. The first-order valence-corrected chi connectivity index (χ1v) is 3.28. The Balaban J connectivity index is 3.31. The van der Waals surface area contributed by atoms with Gasteiger partial charge in [-0.15, -0.1) is 0 Å². The number of ketones is 1. The Hall–Kier alpha value is -1.45. The van der Waals surface area contributed by atoms with E-state index < -0.39 is 23.1 Å². The molecule has 1 aromatic rings. The molecule has 1 aromatic carbocycles. The number of hydrogen-bond donors (Lipinski definition) is 1. The van der Waals surface area contributed by atoms with Crippen LogP contribution in [-0.2, 0) is 0 Å². The van der Waals surface area contributed by atoms with Crippen molar-refractivity contribution in [2.24, 2.45) is 0 Å². The lowest BCUT2D eigenvalue weighted by atomic mass is 10.1. The van der Waals surface area contributed by atoms with Crippen molar-refractivity contribution < 1.29 is 13.6 Å². The van der Waals surface area contributed by atoms with Gasteiger partial charge in [-0.25, -0.2) is 8.78 Å². The van der Waals surface area contributed by atoms with Gasteiger partial charge in [-0.1, -0.05) is 0 Å². The minimum absolute atomic E-state index is 0.0146. The minimum atomic E-state index is -0.903. The molecule has 0 amide bonds. The van der Waals surface area contributed by atoms with Crippen molar-refractivity contribution in [3.8, 4) is 0 Å². The first-order valence-electron chi connectivity index (χ1n) is 3.28. The Bertz CT molecular complexity index is 313. The molecule has 0 aromatic heterocycles. The van der Waals surface area contributed by atoms with E-state index in [4.69, 9.17) is 5.73 Å². The predicted octanol–water partition coefficient (Wildman–Crippen LogP) is 1.75. The van der Waals surface area contributed by atoms with E-state index in [1.807, 2.05) is 0 Å². The molecule has 0 fully saturated rings. The van der Waals surface area contributed by atoms with E-state index in [2.05, 4.69) is 0 Å². The molecule has 2 nitrogen and oxygen atoms in total. The van der Waals surface area contributed by atoms with Gasteiger partial charge in [0.15, 0.2) is 5.78 Å². The van der Waals surface area contributed by atoms with Crippen LogP contribution in [0, 0.1) is 11.6 Å². The third-order valence-electron chi connectivity index (χ3n) is 1.49. The number of anilines is 1. The van der Waals surface area contributed by atoms with Crippen LogP contribution in [0.3, 0.4) is 0 Å². The quantitative estimate of drug-likeness (QED) is 0.516. The fourth-order valence-corrected chi connectivity index (χ4v) is 0.788. The van der Waals surface area contributed by atoms with E-state index in [0.717, 1.165) is 12.1 Å². The van der Waals surface area contributed by atoms with Gasteiger partial charge in [0.25, 0.3) is 0 Å². The Kier molecular flexibility index (Phi) is 2.08. The monoisotopic (exact) mass is 171 g/mol. The SMILES string of the molecule is CC(=O)c1cc(F)c(N)c(F)c1. The highest BCUT2D eigenvalue weighted by molar-refractivity contribution is 5.94. The maximum absolute atomic E-state index is 12.7. The Morgan fingerprint density at radius 3 is 2.08 bits per heavy atom. The molecular weight excluding hydrogens is 164 g/mol. The number of Topliss-reactive ketones (excluding diaryl/α,β-unsaturated/α-hetero) is 1. The molecule has 0 heterocycles. The third-order valence-corrected chi connectivity index (χ3v) is 1.49. The predicted molar refractivity (Wildman–Crippen MR) is 40.8 cm³/mol. The second-order valence-electron chi connectivity index (χ2n) is 2.41. The van der Waals surface area contributed by atoms with Gasteiger partial charge in [0.2, 0.25) is 0 Å². The minimum Gasteiger partial charge on any atom is -0.394 e. The van der Waals surface area contributed by atoms with Gasteiger partial charge < -0.3 is 5.73 Å². The van der Waals surface area contributed by atoms with Crippen molar-refractivity contribution in [1.82, 2.24) is 0 Å². The van der Waals surface area contributed by atoms with Gasteiger partial charge in [0.1, 0.15) is 17.3 Å². The molecule has 4 heteroatoms. The maximum atomic E-state index is 12.7. The first kappa shape index (κ1) is 8.64. The molecule has 0 bridgehead atoms. The van der Waals surface area contributed by atoms with E-state index in [9.17, 15) is 13.6 Å². The summed E-state index contributed by atoms with van der Waals surface area (Å²) in [6.07, 6.45) is 0. The number of carbonyl (C=O) groups is 1. The fourth-order valence-electron chi connectivity index (χ4n) is 0.788. The summed E-state index contributed by atoms with van der Waals surface area (Å²) in [6, 6.07) is 1.83. The second kappa shape index (κ2) is 2.89. The summed E-state index contributed by atoms with van der Waals surface area (Å²) >= 11 is 0. The smallest absolute Gasteiger partial charge is 0.160 e. The fraction of sp³-hybridized carbons (Fsp3) is 0.125. The van der Waals surface area contributed by atoms with Crippen LogP contribution in [0.4, 0.5) is 14.5 Å². The van der Waals surface area contributed by atoms with Crippen molar-refractivity contribution >= 4 is 11.5 Å². The topological polar surface area (TPSA) is 43.1 Å². The zero-order valence-electron chi connectivity index (χ0n) is 6.40. The molecule has 0 aliphatic carbocycles. The van der Waals surface area contributed by atoms with Crippen LogP contribution >= 0.6 is 0 Å². The number of hydrogen-bond acceptors (Lipinski definition) is 2. The van der Waals surface area contributed by atoms with Crippen LogP contribution < -0.4 is 5.73 Å². The Morgan fingerprint density at radius 1 is 1.33 bits per heavy atom. The number of rotatable bonds is 1. The van der Waals surface area contributed by atoms with Gasteiger partial charge in [-0.3, -0.25) is 4.79 Å². The van der Waals surface area contributed by atoms with Crippen LogP contribution in [-0.4, -0.2) is 5.78 Å². The molecule has 0 atom stereocenters. The molecule has 0 spiro atoms. The number of nitrogens with two attached hydrogens (primary N) is 1. The van der Waals surface area contributed by atoms with Crippen LogP contribution in [0.25, 0.3) is 0 Å². The zero-order valence-corrected chi connectivity index (χ0v) is 6.40. The van der Waals surface area contributed by atoms with Crippen molar-refractivity contribution in [3.63, 3.8) is 0 Å². The summed E-state index contributed by atoms with van der Waals surface area (Å²) in [7, 11) is 0. The van der Waals surface area contributed by atoms with Gasteiger partial charge in [0.05, 0.1) is 0 Å². The summed E-state index contributed by atoms with van der Waals surface area (Å²) < 4.78 is 25.4. The van der Waals surface area contributed by atoms with E-state index >= 15 is 0 Å². The summed E-state index contributed by atoms with van der Waals surface area (Å²) in [5, 5.41) is 0. The normalized spacial score (nSPS) is 9.92. The van der Waals surface area contributed by atoms with Gasteiger partial charge >= 0.3 is 0 Å². The van der Waals surface area contributed by atoms with Crippen LogP contribution in [0.1, 0.15) is 17.3 Å². The van der Waals surface area contributed by atoms with Crippen LogP contribution in [0.15, 0.2) is 12.1 Å². The van der Waals surface area contributed by atoms with Crippen molar-refractivity contribution in [2.45, 2.75) is 6.92 Å². The Labute approximate surface area is 68.0 Å². The first-order chi connectivity index (χ1) is 5.52. The van der Waals surface area contributed by atoms with Crippen molar-refractivity contribution in [1.29, 1.82) is 0 Å². The molecule has 0 unspecified atom stereocenters. The maximum Gasteiger partial charge on any atom is 0.160 e. The molecule has 0 radical (unpaired) electrons. The second-order valence-corrected chi connectivity index (χ2v) is 2.41. The highest BCUT2D eigenvalue weighted by atomic mass is 19.1. The van der Waals surface area contributed by atoms with Crippen molar-refractivity contribution in [2.75, 3.05) is 5.73 Å². The summed E-state index contributed by atoms with van der Waals surface area (Å²) in [5.41, 5.74) is 4.42. The molecule has 0 saturated heterocycles. The largest absolute Gasteiger partial charge is 0.394 e. The zero-order chi connectivity index (χ0) is 9.30. The Morgan fingerprint density at radius 2 is 1.75 bits per heavy atom. The lowest BCUT2D eigenvalue weighted by molar-refractivity contribution is 0.101. The van der Waals surface area contributed by atoms with E-state index in [-0.39, 0.29) is 5.56 Å². The molecule has 0 aliphatic heterocycles.